The van der Waals surface area contributed by atoms with Gasteiger partial charge in [0.25, 0.3) is 0 Å². The molecule has 1 aromatic rings. The molecule has 18 heavy (non-hydrogen) atoms. The molecule has 0 aliphatic heterocycles. The maximum atomic E-state index is 3.50. The first kappa shape index (κ1) is 15.4. The van der Waals surface area contributed by atoms with Gasteiger partial charge in [0.2, 0.25) is 0 Å². The Morgan fingerprint density at radius 3 is 2.28 bits per heavy atom. The molecule has 0 amide bonds. The van der Waals surface area contributed by atoms with E-state index in [1.807, 2.05) is 11.8 Å². The average Bonchev–Trinajstić information content (AvgIpc) is 2.33. The van der Waals surface area contributed by atoms with Crippen LogP contribution in [0, 0.1) is 0 Å². The summed E-state index contributed by atoms with van der Waals surface area (Å²) in [6.45, 7) is 8.60. The normalized spacial score (nSPS) is 11.6. The molecule has 3 heteroatoms. The molecule has 0 unspecified atom stereocenters. The molecule has 0 heterocycles. The number of hydrogen-bond acceptors (Lipinski definition) is 3. The quantitative estimate of drug-likeness (QED) is 0.850. The van der Waals surface area contributed by atoms with E-state index in [0.717, 1.165) is 13.1 Å². The molecule has 1 N–H and O–H groups in total. The van der Waals surface area contributed by atoms with Gasteiger partial charge in [-0.05, 0) is 44.7 Å². The predicted octanol–water partition coefficient (Wildman–Crippen LogP) is 3.37. The lowest BCUT2D eigenvalue weighted by atomic mass is 10.1. The van der Waals surface area contributed by atoms with Gasteiger partial charge in [-0.1, -0.05) is 12.1 Å². The molecule has 0 saturated carbocycles. The standard InChI is InChI=1S/C15H26N2S/c1-15(2,3)16-12-13-6-8-14(9-7-13)17(4)10-11-18-5/h6-9,16H,10-12H2,1-5H3. The van der Waals surface area contributed by atoms with Crippen molar-refractivity contribution in [2.24, 2.45) is 0 Å². The van der Waals surface area contributed by atoms with Gasteiger partial charge >= 0.3 is 0 Å². The van der Waals surface area contributed by atoms with E-state index in [4.69, 9.17) is 0 Å². The minimum absolute atomic E-state index is 0.174. The number of nitrogens with zero attached hydrogens (tertiary/aromatic N) is 1. The molecule has 2 nitrogen and oxygen atoms in total. The lowest BCUT2D eigenvalue weighted by Crippen LogP contribution is -2.35. The molecule has 102 valence electrons. The fraction of sp³-hybridized carbons (Fsp3) is 0.600. The Bertz CT molecular complexity index is 341. The van der Waals surface area contributed by atoms with Crippen LogP contribution in [0.1, 0.15) is 26.3 Å². The van der Waals surface area contributed by atoms with E-state index in [9.17, 15) is 0 Å². The van der Waals surface area contributed by atoms with Gasteiger partial charge in [0, 0.05) is 37.1 Å². The molecule has 0 spiro atoms. The lowest BCUT2D eigenvalue weighted by molar-refractivity contribution is 0.424. The van der Waals surface area contributed by atoms with Gasteiger partial charge in [-0.25, -0.2) is 0 Å². The van der Waals surface area contributed by atoms with Crippen molar-refractivity contribution < 1.29 is 0 Å². The Hall–Kier alpha value is -0.670. The van der Waals surface area contributed by atoms with Gasteiger partial charge in [0.1, 0.15) is 0 Å². The van der Waals surface area contributed by atoms with Gasteiger partial charge in [-0.15, -0.1) is 0 Å². The van der Waals surface area contributed by atoms with Crippen LogP contribution in [0.15, 0.2) is 24.3 Å². The van der Waals surface area contributed by atoms with Gasteiger partial charge in [-0.3, -0.25) is 0 Å². The predicted molar refractivity (Wildman–Crippen MR) is 84.7 cm³/mol. The van der Waals surface area contributed by atoms with Gasteiger partial charge in [-0.2, -0.15) is 11.8 Å². The zero-order valence-electron chi connectivity index (χ0n) is 12.3. The highest BCUT2D eigenvalue weighted by molar-refractivity contribution is 7.98. The summed E-state index contributed by atoms with van der Waals surface area (Å²) in [6.07, 6.45) is 2.15. The first-order valence-corrected chi connectivity index (χ1v) is 7.86. The van der Waals surface area contributed by atoms with Crippen molar-refractivity contribution in [2.45, 2.75) is 32.9 Å². The molecule has 0 saturated heterocycles. The Balaban J connectivity index is 2.52. The first-order chi connectivity index (χ1) is 8.42. The van der Waals surface area contributed by atoms with Crippen molar-refractivity contribution in [1.82, 2.24) is 5.32 Å². The summed E-state index contributed by atoms with van der Waals surface area (Å²) >= 11 is 1.89. The van der Waals surface area contributed by atoms with Crippen LogP contribution in [0.4, 0.5) is 5.69 Å². The molecule has 0 atom stereocenters. The van der Waals surface area contributed by atoms with E-state index in [-0.39, 0.29) is 5.54 Å². The molecular weight excluding hydrogens is 240 g/mol. The van der Waals surface area contributed by atoms with E-state index in [1.165, 1.54) is 17.0 Å². The topological polar surface area (TPSA) is 15.3 Å². The molecule has 1 rings (SSSR count). The van der Waals surface area contributed by atoms with E-state index in [1.54, 1.807) is 0 Å². The molecule has 0 aliphatic rings. The van der Waals surface area contributed by atoms with E-state index in [0.29, 0.717) is 0 Å². The smallest absolute Gasteiger partial charge is 0.0364 e. The highest BCUT2D eigenvalue weighted by atomic mass is 32.2. The first-order valence-electron chi connectivity index (χ1n) is 6.46. The second-order valence-corrected chi connectivity index (χ2v) is 6.67. The summed E-state index contributed by atoms with van der Waals surface area (Å²) in [5.74, 6) is 1.17. The maximum Gasteiger partial charge on any atom is 0.0364 e. The van der Waals surface area contributed by atoms with Crippen molar-refractivity contribution in [3.63, 3.8) is 0 Å². The number of thioether (sulfide) groups is 1. The summed E-state index contributed by atoms with van der Waals surface area (Å²) in [5.41, 5.74) is 2.81. The summed E-state index contributed by atoms with van der Waals surface area (Å²) in [4.78, 5) is 2.30. The minimum atomic E-state index is 0.174. The Labute approximate surface area is 116 Å². The third-order valence-corrected chi connectivity index (χ3v) is 3.42. The average molecular weight is 266 g/mol. The van der Waals surface area contributed by atoms with Crippen molar-refractivity contribution in [2.75, 3.05) is 30.5 Å². The number of nitrogens with one attached hydrogen (secondary N) is 1. The summed E-state index contributed by atoms with van der Waals surface area (Å²) in [6, 6.07) is 8.84. The Morgan fingerprint density at radius 2 is 1.78 bits per heavy atom. The maximum absolute atomic E-state index is 3.50. The number of hydrogen-bond donors (Lipinski definition) is 1. The SMILES string of the molecule is CSCCN(C)c1ccc(CNC(C)(C)C)cc1. The molecule has 0 aliphatic carbocycles. The molecule has 0 bridgehead atoms. The Kier molecular flexibility index (Phi) is 6.03. The van der Waals surface area contributed by atoms with Crippen molar-refractivity contribution in [3.8, 4) is 0 Å². The second kappa shape index (κ2) is 7.05. The van der Waals surface area contributed by atoms with Crippen LogP contribution in [0.3, 0.4) is 0 Å². The van der Waals surface area contributed by atoms with Crippen LogP contribution in [-0.4, -0.2) is 31.1 Å². The minimum Gasteiger partial charge on any atom is -0.374 e. The van der Waals surface area contributed by atoms with Crippen LogP contribution >= 0.6 is 11.8 Å². The van der Waals surface area contributed by atoms with Crippen LogP contribution in [0.2, 0.25) is 0 Å². The van der Waals surface area contributed by atoms with E-state index in [2.05, 4.69) is 68.6 Å². The van der Waals surface area contributed by atoms with Gasteiger partial charge in [0.05, 0.1) is 0 Å². The van der Waals surface area contributed by atoms with Gasteiger partial charge in [0.15, 0.2) is 0 Å². The van der Waals surface area contributed by atoms with Crippen LogP contribution in [-0.2, 0) is 6.54 Å². The molecule has 1 aromatic carbocycles. The number of anilines is 1. The molecule has 0 fully saturated rings. The largest absolute Gasteiger partial charge is 0.374 e. The highest BCUT2D eigenvalue weighted by Crippen LogP contribution is 2.14. The number of benzene rings is 1. The van der Waals surface area contributed by atoms with E-state index < -0.39 is 0 Å². The molecule has 0 aromatic heterocycles. The second-order valence-electron chi connectivity index (χ2n) is 5.68. The van der Waals surface area contributed by atoms with Crippen LogP contribution < -0.4 is 10.2 Å². The van der Waals surface area contributed by atoms with Crippen molar-refractivity contribution in [3.05, 3.63) is 29.8 Å². The zero-order valence-corrected chi connectivity index (χ0v) is 13.1. The van der Waals surface area contributed by atoms with Crippen LogP contribution in [0.5, 0.6) is 0 Å². The summed E-state index contributed by atoms with van der Waals surface area (Å²) < 4.78 is 0. The van der Waals surface area contributed by atoms with Crippen LogP contribution in [0.25, 0.3) is 0 Å². The molecular formula is C15H26N2S. The fourth-order valence-corrected chi connectivity index (χ4v) is 2.05. The lowest BCUT2D eigenvalue weighted by Gasteiger charge is -2.22. The highest BCUT2D eigenvalue weighted by Gasteiger charge is 2.08. The van der Waals surface area contributed by atoms with Crippen molar-refractivity contribution >= 4 is 17.4 Å². The third kappa shape index (κ3) is 5.78. The van der Waals surface area contributed by atoms with Gasteiger partial charge < -0.3 is 10.2 Å². The Morgan fingerprint density at radius 1 is 1.17 bits per heavy atom. The summed E-state index contributed by atoms with van der Waals surface area (Å²) in [7, 11) is 2.15. The molecule has 0 radical (unpaired) electrons. The fourth-order valence-electron chi connectivity index (χ4n) is 1.59. The number of rotatable bonds is 6. The van der Waals surface area contributed by atoms with Crippen molar-refractivity contribution in [1.29, 1.82) is 0 Å². The monoisotopic (exact) mass is 266 g/mol. The zero-order chi connectivity index (χ0) is 13.6. The summed E-state index contributed by atoms with van der Waals surface area (Å²) in [5, 5.41) is 3.50. The third-order valence-electron chi connectivity index (χ3n) is 2.83. The van der Waals surface area contributed by atoms with E-state index >= 15 is 0 Å².